The first-order valence-corrected chi connectivity index (χ1v) is 6.59. The predicted octanol–water partition coefficient (Wildman–Crippen LogP) is 1.23. The number of nitrogens with one attached hydrogen (secondary N) is 2. The number of rotatable bonds is 8. The zero-order chi connectivity index (χ0) is 15.2. The summed E-state index contributed by atoms with van der Waals surface area (Å²) in [4.78, 5) is 19.6. The SMILES string of the molecule is CCCNc1ncnc(NCC(C)(C)C(N)=O)c1OC. The van der Waals surface area contributed by atoms with E-state index in [-0.39, 0.29) is 5.91 Å². The average Bonchev–Trinajstić information content (AvgIpc) is 2.42. The first-order valence-electron chi connectivity index (χ1n) is 6.59. The summed E-state index contributed by atoms with van der Waals surface area (Å²) in [5, 5.41) is 6.25. The second-order valence-electron chi connectivity index (χ2n) is 5.13. The molecule has 0 atom stereocenters. The zero-order valence-corrected chi connectivity index (χ0v) is 12.5. The molecule has 1 amide bonds. The van der Waals surface area contributed by atoms with Crippen LogP contribution in [0.3, 0.4) is 0 Å². The van der Waals surface area contributed by atoms with Gasteiger partial charge in [-0.2, -0.15) is 0 Å². The van der Waals surface area contributed by atoms with Gasteiger partial charge in [0.05, 0.1) is 12.5 Å². The van der Waals surface area contributed by atoms with E-state index >= 15 is 0 Å². The van der Waals surface area contributed by atoms with Crippen LogP contribution in [-0.2, 0) is 4.79 Å². The highest BCUT2D eigenvalue weighted by atomic mass is 16.5. The van der Waals surface area contributed by atoms with E-state index in [1.165, 1.54) is 6.33 Å². The van der Waals surface area contributed by atoms with Gasteiger partial charge in [-0.1, -0.05) is 6.92 Å². The fraction of sp³-hybridized carbons (Fsp3) is 0.615. The molecule has 1 heterocycles. The summed E-state index contributed by atoms with van der Waals surface area (Å²) in [6, 6.07) is 0. The van der Waals surface area contributed by atoms with Crippen LogP contribution in [0.2, 0.25) is 0 Å². The Hall–Kier alpha value is -2.05. The second kappa shape index (κ2) is 6.93. The number of aromatic nitrogens is 2. The van der Waals surface area contributed by atoms with E-state index < -0.39 is 5.41 Å². The molecule has 20 heavy (non-hydrogen) atoms. The van der Waals surface area contributed by atoms with Gasteiger partial charge in [0.2, 0.25) is 11.7 Å². The summed E-state index contributed by atoms with van der Waals surface area (Å²) in [5.74, 6) is 1.32. The third-order valence-corrected chi connectivity index (χ3v) is 2.92. The van der Waals surface area contributed by atoms with Gasteiger partial charge in [-0.3, -0.25) is 4.79 Å². The number of hydrogen-bond acceptors (Lipinski definition) is 6. The van der Waals surface area contributed by atoms with E-state index in [4.69, 9.17) is 10.5 Å². The molecule has 0 spiro atoms. The summed E-state index contributed by atoms with van der Waals surface area (Å²) < 4.78 is 5.33. The summed E-state index contributed by atoms with van der Waals surface area (Å²) in [7, 11) is 1.56. The van der Waals surface area contributed by atoms with Crippen molar-refractivity contribution in [2.24, 2.45) is 11.1 Å². The monoisotopic (exact) mass is 281 g/mol. The number of methoxy groups -OCH3 is 1. The third kappa shape index (κ3) is 3.97. The molecule has 0 bridgehead atoms. The Morgan fingerprint density at radius 3 is 2.45 bits per heavy atom. The first-order chi connectivity index (χ1) is 9.42. The first kappa shape index (κ1) is 16.0. The summed E-state index contributed by atoms with van der Waals surface area (Å²) in [6.45, 7) is 6.76. The normalized spacial score (nSPS) is 11.0. The van der Waals surface area contributed by atoms with Crippen molar-refractivity contribution < 1.29 is 9.53 Å². The van der Waals surface area contributed by atoms with Gasteiger partial charge in [0.25, 0.3) is 0 Å². The molecule has 1 aromatic rings. The standard InChI is InChI=1S/C13H23N5O2/c1-5-6-15-10-9(20-4)11(18-8-17-10)16-7-13(2,3)12(14)19/h8H,5-7H2,1-4H3,(H2,14,19)(H2,15,16,17,18). The van der Waals surface area contributed by atoms with E-state index in [0.717, 1.165) is 13.0 Å². The second-order valence-corrected chi connectivity index (χ2v) is 5.13. The Morgan fingerprint density at radius 2 is 1.95 bits per heavy atom. The van der Waals surface area contributed by atoms with Crippen LogP contribution >= 0.6 is 0 Å². The number of ether oxygens (including phenoxy) is 1. The fourth-order valence-electron chi connectivity index (χ4n) is 1.45. The van der Waals surface area contributed by atoms with Crippen molar-refractivity contribution in [3.63, 3.8) is 0 Å². The highest BCUT2D eigenvalue weighted by molar-refractivity contribution is 5.80. The van der Waals surface area contributed by atoms with Crippen molar-refractivity contribution in [3.05, 3.63) is 6.33 Å². The Bertz CT molecular complexity index is 462. The van der Waals surface area contributed by atoms with Crippen molar-refractivity contribution in [3.8, 4) is 5.75 Å². The lowest BCUT2D eigenvalue weighted by Crippen LogP contribution is -2.37. The minimum absolute atomic E-state index is 0.364. The van der Waals surface area contributed by atoms with Crippen molar-refractivity contribution >= 4 is 17.5 Å². The summed E-state index contributed by atoms with van der Waals surface area (Å²) >= 11 is 0. The van der Waals surface area contributed by atoms with Crippen LogP contribution < -0.4 is 21.1 Å². The fourth-order valence-corrected chi connectivity index (χ4v) is 1.45. The van der Waals surface area contributed by atoms with Gasteiger partial charge in [-0.25, -0.2) is 9.97 Å². The molecule has 0 radical (unpaired) electrons. The maximum absolute atomic E-state index is 11.3. The lowest BCUT2D eigenvalue weighted by Gasteiger charge is -2.22. The molecule has 0 saturated heterocycles. The average molecular weight is 281 g/mol. The van der Waals surface area contributed by atoms with Gasteiger partial charge >= 0.3 is 0 Å². The van der Waals surface area contributed by atoms with Gasteiger partial charge < -0.3 is 21.1 Å². The van der Waals surface area contributed by atoms with Crippen LogP contribution in [0.1, 0.15) is 27.2 Å². The topological polar surface area (TPSA) is 102 Å². The lowest BCUT2D eigenvalue weighted by molar-refractivity contribution is -0.125. The number of carbonyl (C=O) groups is 1. The third-order valence-electron chi connectivity index (χ3n) is 2.92. The van der Waals surface area contributed by atoms with Crippen LogP contribution in [0.5, 0.6) is 5.75 Å². The largest absolute Gasteiger partial charge is 0.490 e. The molecule has 0 unspecified atom stereocenters. The van der Waals surface area contributed by atoms with Crippen LogP contribution in [0.15, 0.2) is 6.33 Å². The maximum Gasteiger partial charge on any atom is 0.224 e. The molecular formula is C13H23N5O2. The van der Waals surface area contributed by atoms with Gasteiger partial charge in [0.1, 0.15) is 6.33 Å². The molecule has 0 aliphatic rings. The Morgan fingerprint density at radius 1 is 1.35 bits per heavy atom. The highest BCUT2D eigenvalue weighted by Gasteiger charge is 2.25. The van der Waals surface area contributed by atoms with E-state index in [1.54, 1.807) is 21.0 Å². The van der Waals surface area contributed by atoms with E-state index in [9.17, 15) is 4.79 Å². The molecule has 0 saturated carbocycles. The molecule has 7 nitrogen and oxygen atoms in total. The highest BCUT2D eigenvalue weighted by Crippen LogP contribution is 2.29. The van der Waals surface area contributed by atoms with Crippen molar-refractivity contribution in [1.29, 1.82) is 0 Å². The number of anilines is 2. The molecule has 7 heteroatoms. The van der Waals surface area contributed by atoms with Gasteiger partial charge in [-0.05, 0) is 20.3 Å². The molecule has 1 aromatic heterocycles. The minimum atomic E-state index is -0.674. The number of amides is 1. The summed E-state index contributed by atoms with van der Waals surface area (Å²) in [5.41, 5.74) is 4.67. The van der Waals surface area contributed by atoms with Crippen LogP contribution in [0.4, 0.5) is 11.6 Å². The van der Waals surface area contributed by atoms with Gasteiger partial charge in [0.15, 0.2) is 11.6 Å². The number of nitrogens with two attached hydrogens (primary N) is 1. The van der Waals surface area contributed by atoms with Crippen LogP contribution in [-0.4, -0.2) is 36.1 Å². The Balaban J connectivity index is 2.87. The maximum atomic E-state index is 11.3. The van der Waals surface area contributed by atoms with Crippen molar-refractivity contribution in [1.82, 2.24) is 9.97 Å². The number of hydrogen-bond donors (Lipinski definition) is 3. The van der Waals surface area contributed by atoms with Crippen molar-refractivity contribution in [2.45, 2.75) is 27.2 Å². The smallest absolute Gasteiger partial charge is 0.224 e. The van der Waals surface area contributed by atoms with Crippen LogP contribution in [0.25, 0.3) is 0 Å². The van der Waals surface area contributed by atoms with E-state index in [2.05, 4.69) is 27.5 Å². The molecule has 4 N–H and O–H groups in total. The zero-order valence-electron chi connectivity index (χ0n) is 12.5. The minimum Gasteiger partial charge on any atom is -0.490 e. The molecule has 0 aliphatic carbocycles. The van der Waals surface area contributed by atoms with E-state index in [0.29, 0.717) is 23.9 Å². The number of nitrogens with zero attached hydrogens (tertiary/aromatic N) is 2. The Kier molecular flexibility index (Phi) is 5.54. The molecule has 0 fully saturated rings. The van der Waals surface area contributed by atoms with Crippen molar-refractivity contribution in [2.75, 3.05) is 30.8 Å². The molecule has 0 aromatic carbocycles. The number of primary amides is 1. The molecular weight excluding hydrogens is 258 g/mol. The van der Waals surface area contributed by atoms with E-state index in [1.807, 2.05) is 0 Å². The Labute approximate surface area is 119 Å². The molecule has 1 rings (SSSR count). The van der Waals surface area contributed by atoms with Gasteiger partial charge in [0, 0.05) is 13.1 Å². The quantitative estimate of drug-likeness (QED) is 0.662. The van der Waals surface area contributed by atoms with Gasteiger partial charge in [-0.15, -0.1) is 0 Å². The number of carbonyl (C=O) groups excluding carboxylic acids is 1. The molecule has 112 valence electrons. The molecule has 0 aliphatic heterocycles. The van der Waals surface area contributed by atoms with Crippen LogP contribution in [0, 0.1) is 5.41 Å². The summed E-state index contributed by atoms with van der Waals surface area (Å²) in [6.07, 6.45) is 2.42. The lowest BCUT2D eigenvalue weighted by atomic mass is 9.93. The predicted molar refractivity (Wildman–Crippen MR) is 78.8 cm³/mol.